The van der Waals surface area contributed by atoms with Gasteiger partial charge in [0.15, 0.2) is 18.1 Å². The smallest absolute Gasteiger partial charge is 0.416 e. The van der Waals surface area contributed by atoms with E-state index in [1.165, 1.54) is 12.1 Å². The van der Waals surface area contributed by atoms with Crippen LogP contribution in [-0.4, -0.2) is 32.8 Å². The SMILES string of the molecule is COc1ccc(/C(=N/OCCOc2cccc(C(F)(F)F)c2)[C@H]2C[C@@H]2c2ccc3c(c2)OCO3)cc1. The van der Waals surface area contributed by atoms with Gasteiger partial charge in [0.1, 0.15) is 18.1 Å². The van der Waals surface area contributed by atoms with Crippen LogP contribution in [0.4, 0.5) is 13.2 Å². The molecule has 0 amide bonds. The van der Waals surface area contributed by atoms with Crippen LogP contribution in [0.5, 0.6) is 23.0 Å². The van der Waals surface area contributed by atoms with Crippen molar-refractivity contribution in [1.82, 2.24) is 0 Å². The Balaban J connectivity index is 1.25. The van der Waals surface area contributed by atoms with E-state index in [2.05, 4.69) is 5.16 Å². The van der Waals surface area contributed by atoms with Gasteiger partial charge < -0.3 is 23.8 Å². The topological polar surface area (TPSA) is 58.5 Å². The summed E-state index contributed by atoms with van der Waals surface area (Å²) in [4.78, 5) is 5.55. The Hall–Kier alpha value is -3.88. The Morgan fingerprint density at radius 1 is 0.944 bits per heavy atom. The van der Waals surface area contributed by atoms with Gasteiger partial charge in [0.05, 0.1) is 18.4 Å². The van der Waals surface area contributed by atoms with Crippen LogP contribution >= 0.6 is 0 Å². The molecule has 1 fully saturated rings. The largest absolute Gasteiger partial charge is 0.497 e. The Bertz CT molecular complexity index is 1240. The first-order valence-corrected chi connectivity index (χ1v) is 11.5. The fraction of sp³-hybridized carbons (Fsp3) is 0.296. The van der Waals surface area contributed by atoms with Gasteiger partial charge in [0.2, 0.25) is 6.79 Å². The standard InChI is InChI=1S/C27H24F3NO5/c1-32-20-8-5-17(6-9-20)26(23-15-22(23)18-7-10-24-25(13-18)35-16-34-24)31-36-12-11-33-21-4-2-3-19(14-21)27(28,29)30/h2-10,13-14,22-23H,11-12,15-16H2,1H3/b31-26-/t22-,23+/m1/s1. The third-order valence-corrected chi connectivity index (χ3v) is 6.12. The zero-order chi connectivity index (χ0) is 25.1. The van der Waals surface area contributed by atoms with Crippen LogP contribution in [-0.2, 0) is 11.0 Å². The minimum absolute atomic E-state index is 0.0525. The minimum atomic E-state index is -4.42. The summed E-state index contributed by atoms with van der Waals surface area (Å²) < 4.78 is 60.3. The van der Waals surface area contributed by atoms with Gasteiger partial charge in [-0.15, -0.1) is 0 Å². The molecule has 1 heterocycles. The quantitative estimate of drug-likeness (QED) is 0.204. The molecule has 0 aromatic heterocycles. The number of methoxy groups -OCH3 is 1. The lowest BCUT2D eigenvalue weighted by Crippen LogP contribution is -2.10. The molecule has 0 spiro atoms. The van der Waals surface area contributed by atoms with E-state index in [0.717, 1.165) is 52.6 Å². The van der Waals surface area contributed by atoms with Crippen molar-refractivity contribution < 1.29 is 37.0 Å². The van der Waals surface area contributed by atoms with Crippen LogP contribution in [0, 0.1) is 5.92 Å². The van der Waals surface area contributed by atoms with Crippen molar-refractivity contribution in [3.05, 3.63) is 83.4 Å². The van der Waals surface area contributed by atoms with Crippen molar-refractivity contribution in [2.45, 2.75) is 18.5 Å². The molecule has 2 aliphatic rings. The van der Waals surface area contributed by atoms with E-state index < -0.39 is 11.7 Å². The highest BCUT2D eigenvalue weighted by atomic mass is 19.4. The molecular weight excluding hydrogens is 475 g/mol. The summed E-state index contributed by atoms with van der Waals surface area (Å²) >= 11 is 0. The zero-order valence-electron chi connectivity index (χ0n) is 19.5. The molecule has 0 bridgehead atoms. The van der Waals surface area contributed by atoms with Gasteiger partial charge in [-0.3, -0.25) is 0 Å². The maximum atomic E-state index is 12.9. The Morgan fingerprint density at radius 2 is 1.75 bits per heavy atom. The number of nitrogens with zero attached hydrogens (tertiary/aromatic N) is 1. The minimum Gasteiger partial charge on any atom is -0.497 e. The fourth-order valence-electron chi connectivity index (χ4n) is 4.18. The summed E-state index contributed by atoms with van der Waals surface area (Å²) in [5, 5.41) is 4.41. The number of benzene rings is 3. The predicted octanol–water partition coefficient (Wildman–Crippen LogP) is 6.05. The fourth-order valence-corrected chi connectivity index (χ4v) is 4.18. The molecule has 1 aliphatic heterocycles. The number of ether oxygens (including phenoxy) is 4. The second kappa shape index (κ2) is 10.0. The molecular formula is C27H24F3NO5. The van der Waals surface area contributed by atoms with Crippen LogP contribution in [0.15, 0.2) is 71.9 Å². The van der Waals surface area contributed by atoms with Gasteiger partial charge in [0.25, 0.3) is 0 Å². The summed E-state index contributed by atoms with van der Waals surface area (Å²) in [5.41, 5.74) is 2.07. The van der Waals surface area contributed by atoms with Crippen molar-refractivity contribution in [2.24, 2.45) is 11.1 Å². The monoisotopic (exact) mass is 499 g/mol. The average Bonchev–Trinajstić information content (AvgIpc) is 3.53. The first kappa shape index (κ1) is 23.8. The number of oxime groups is 1. The molecule has 3 aromatic rings. The molecule has 3 aromatic carbocycles. The summed E-state index contributed by atoms with van der Waals surface area (Å²) in [6.07, 6.45) is -3.53. The molecule has 0 radical (unpaired) electrons. The molecule has 36 heavy (non-hydrogen) atoms. The molecule has 0 N–H and O–H groups in total. The number of fused-ring (bicyclic) bond motifs is 1. The third-order valence-electron chi connectivity index (χ3n) is 6.12. The highest BCUT2D eigenvalue weighted by Crippen LogP contribution is 2.51. The lowest BCUT2D eigenvalue weighted by Gasteiger charge is -2.11. The molecule has 1 aliphatic carbocycles. The van der Waals surface area contributed by atoms with E-state index in [4.69, 9.17) is 23.8 Å². The number of halogens is 3. The average molecular weight is 499 g/mol. The van der Waals surface area contributed by atoms with E-state index >= 15 is 0 Å². The first-order chi connectivity index (χ1) is 17.4. The number of hydrogen-bond donors (Lipinski definition) is 0. The van der Waals surface area contributed by atoms with E-state index in [-0.39, 0.29) is 37.6 Å². The van der Waals surface area contributed by atoms with Crippen molar-refractivity contribution in [2.75, 3.05) is 27.1 Å². The van der Waals surface area contributed by atoms with E-state index in [1.54, 1.807) is 7.11 Å². The molecule has 6 nitrogen and oxygen atoms in total. The molecule has 0 saturated heterocycles. The molecule has 2 atom stereocenters. The van der Waals surface area contributed by atoms with Crippen LogP contribution in [0.1, 0.15) is 29.0 Å². The van der Waals surface area contributed by atoms with Gasteiger partial charge in [0, 0.05) is 5.92 Å². The van der Waals surface area contributed by atoms with Crippen LogP contribution < -0.4 is 18.9 Å². The molecule has 0 unspecified atom stereocenters. The second-order valence-electron chi connectivity index (χ2n) is 8.47. The van der Waals surface area contributed by atoms with Gasteiger partial charge in [-0.25, -0.2) is 0 Å². The van der Waals surface area contributed by atoms with Crippen molar-refractivity contribution in [3.63, 3.8) is 0 Å². The van der Waals surface area contributed by atoms with E-state index in [1.807, 2.05) is 42.5 Å². The van der Waals surface area contributed by atoms with Gasteiger partial charge >= 0.3 is 6.18 Å². The third kappa shape index (κ3) is 5.35. The van der Waals surface area contributed by atoms with Gasteiger partial charge in [-0.05, 0) is 78.1 Å². The number of hydrogen-bond acceptors (Lipinski definition) is 6. The summed E-state index contributed by atoms with van der Waals surface area (Å²) in [5.74, 6) is 2.73. The summed E-state index contributed by atoms with van der Waals surface area (Å²) in [6.45, 7) is 0.357. The van der Waals surface area contributed by atoms with Crippen molar-refractivity contribution in [3.8, 4) is 23.0 Å². The lowest BCUT2D eigenvalue weighted by molar-refractivity contribution is -0.137. The summed E-state index contributed by atoms with van der Waals surface area (Å²) in [7, 11) is 1.61. The normalized spacial score (nSPS) is 18.6. The Kier molecular flexibility index (Phi) is 6.63. The highest BCUT2D eigenvalue weighted by Gasteiger charge is 2.43. The first-order valence-electron chi connectivity index (χ1n) is 11.5. The van der Waals surface area contributed by atoms with Gasteiger partial charge in [-0.1, -0.05) is 17.3 Å². The maximum absolute atomic E-state index is 12.9. The molecule has 1 saturated carbocycles. The maximum Gasteiger partial charge on any atom is 0.416 e. The molecule has 9 heteroatoms. The van der Waals surface area contributed by atoms with Gasteiger partial charge in [-0.2, -0.15) is 13.2 Å². The van der Waals surface area contributed by atoms with Crippen LogP contribution in [0.25, 0.3) is 0 Å². The second-order valence-corrected chi connectivity index (χ2v) is 8.47. The summed E-state index contributed by atoms with van der Waals surface area (Å²) in [6, 6.07) is 18.3. The van der Waals surface area contributed by atoms with Crippen molar-refractivity contribution in [1.29, 1.82) is 0 Å². The van der Waals surface area contributed by atoms with E-state index in [9.17, 15) is 13.2 Å². The van der Waals surface area contributed by atoms with Crippen LogP contribution in [0.3, 0.4) is 0 Å². The zero-order valence-corrected chi connectivity index (χ0v) is 19.5. The molecule has 188 valence electrons. The number of alkyl halides is 3. The highest BCUT2D eigenvalue weighted by molar-refractivity contribution is 6.04. The van der Waals surface area contributed by atoms with Crippen molar-refractivity contribution >= 4 is 5.71 Å². The predicted molar refractivity (Wildman–Crippen MR) is 126 cm³/mol. The number of rotatable bonds is 9. The lowest BCUT2D eigenvalue weighted by atomic mass is 10.0. The molecule has 5 rings (SSSR count). The van der Waals surface area contributed by atoms with E-state index in [0.29, 0.717) is 0 Å². The Morgan fingerprint density at radius 3 is 2.53 bits per heavy atom. The Labute approximate surface area is 206 Å². The van der Waals surface area contributed by atoms with Crippen LogP contribution in [0.2, 0.25) is 0 Å².